The van der Waals surface area contributed by atoms with E-state index < -0.39 is 0 Å². The SMILES string of the molecule is CC(C)NC(=S)Nc1ccc(C(C)C)cc1.[HH].[HH]. The van der Waals surface area contributed by atoms with Gasteiger partial charge in [-0.3, -0.25) is 0 Å². The Bertz CT molecular complexity index is 351. The molecule has 0 spiro atoms. The fourth-order valence-corrected chi connectivity index (χ4v) is 1.73. The van der Waals surface area contributed by atoms with Gasteiger partial charge in [0.15, 0.2) is 5.11 Å². The largest absolute Gasteiger partial charge is 0.360 e. The molecule has 0 unspecified atom stereocenters. The molecule has 92 valence electrons. The zero-order valence-electron chi connectivity index (χ0n) is 10.4. The van der Waals surface area contributed by atoms with E-state index in [1.165, 1.54) is 5.56 Å². The molecule has 0 aliphatic rings. The van der Waals surface area contributed by atoms with Crippen molar-refractivity contribution in [1.29, 1.82) is 0 Å². The van der Waals surface area contributed by atoms with Crippen LogP contribution in [0.3, 0.4) is 0 Å². The van der Waals surface area contributed by atoms with E-state index in [9.17, 15) is 0 Å². The van der Waals surface area contributed by atoms with Crippen molar-refractivity contribution in [3.63, 3.8) is 0 Å². The van der Waals surface area contributed by atoms with Gasteiger partial charge in [0, 0.05) is 14.6 Å². The Kier molecular flexibility index (Phi) is 4.74. The van der Waals surface area contributed by atoms with Crippen LogP contribution in [-0.4, -0.2) is 11.2 Å². The number of nitrogens with one attached hydrogen (secondary N) is 2. The third-order valence-corrected chi connectivity index (χ3v) is 2.47. The zero-order chi connectivity index (χ0) is 12.1. The fraction of sp³-hybridized carbons (Fsp3) is 0.462. The Labute approximate surface area is 106 Å². The van der Waals surface area contributed by atoms with Gasteiger partial charge in [-0.25, -0.2) is 0 Å². The van der Waals surface area contributed by atoms with Crippen LogP contribution in [0.1, 0.15) is 42.0 Å². The van der Waals surface area contributed by atoms with Crippen LogP contribution in [-0.2, 0) is 0 Å². The Morgan fingerprint density at radius 2 is 1.69 bits per heavy atom. The van der Waals surface area contributed by atoms with Crippen molar-refractivity contribution < 1.29 is 2.85 Å². The summed E-state index contributed by atoms with van der Waals surface area (Å²) in [7, 11) is 0. The first-order chi connectivity index (χ1) is 7.49. The first-order valence-corrected chi connectivity index (χ1v) is 6.07. The summed E-state index contributed by atoms with van der Waals surface area (Å²) in [6, 6.07) is 8.73. The van der Waals surface area contributed by atoms with E-state index in [1.54, 1.807) is 0 Å². The molecule has 0 atom stereocenters. The highest BCUT2D eigenvalue weighted by Crippen LogP contribution is 2.16. The molecule has 2 nitrogen and oxygen atoms in total. The number of thiocarbonyl (C=S) groups is 1. The standard InChI is InChI=1S/C13H20N2S.2H2/c1-9(2)11-5-7-12(8-6-11)15-13(16)14-10(3)4;;/h5-10H,1-4H3,(H2,14,15,16);2*1H. The summed E-state index contributed by atoms with van der Waals surface area (Å²) in [6.07, 6.45) is 0. The molecule has 0 aliphatic carbocycles. The van der Waals surface area contributed by atoms with E-state index in [0.29, 0.717) is 17.1 Å². The summed E-state index contributed by atoms with van der Waals surface area (Å²) in [5.74, 6) is 0.565. The molecule has 1 aromatic carbocycles. The molecule has 16 heavy (non-hydrogen) atoms. The van der Waals surface area contributed by atoms with Gasteiger partial charge in [0.05, 0.1) is 0 Å². The summed E-state index contributed by atoms with van der Waals surface area (Å²) in [5, 5.41) is 6.98. The molecule has 0 fully saturated rings. The molecule has 1 rings (SSSR count). The minimum absolute atomic E-state index is 0. The van der Waals surface area contributed by atoms with Crippen LogP contribution < -0.4 is 10.6 Å². The lowest BCUT2D eigenvalue weighted by molar-refractivity contribution is 0.739. The molecule has 0 saturated heterocycles. The third kappa shape index (κ3) is 4.19. The molecule has 0 aliphatic heterocycles. The zero-order valence-corrected chi connectivity index (χ0v) is 11.2. The lowest BCUT2D eigenvalue weighted by Gasteiger charge is -2.13. The molecular formula is C13H24N2S. The van der Waals surface area contributed by atoms with E-state index in [-0.39, 0.29) is 2.85 Å². The third-order valence-electron chi connectivity index (χ3n) is 2.25. The first-order valence-electron chi connectivity index (χ1n) is 5.66. The topological polar surface area (TPSA) is 24.1 Å². The van der Waals surface area contributed by atoms with Gasteiger partial charge in [0.25, 0.3) is 0 Å². The van der Waals surface area contributed by atoms with Crippen LogP contribution in [0.4, 0.5) is 5.69 Å². The van der Waals surface area contributed by atoms with Crippen LogP contribution in [0.2, 0.25) is 0 Å². The Hall–Kier alpha value is -1.09. The Balaban J connectivity index is 0. The highest BCUT2D eigenvalue weighted by atomic mass is 32.1. The van der Waals surface area contributed by atoms with Crippen molar-refractivity contribution in [2.75, 3.05) is 5.32 Å². The lowest BCUT2D eigenvalue weighted by atomic mass is 10.0. The number of anilines is 1. The molecule has 0 bridgehead atoms. The summed E-state index contributed by atoms with van der Waals surface area (Å²) in [4.78, 5) is 0. The number of hydrogen-bond acceptors (Lipinski definition) is 1. The summed E-state index contributed by atoms with van der Waals surface area (Å²) >= 11 is 5.17. The lowest BCUT2D eigenvalue weighted by Crippen LogP contribution is -2.33. The summed E-state index contributed by atoms with van der Waals surface area (Å²) in [6.45, 7) is 8.51. The van der Waals surface area contributed by atoms with E-state index in [2.05, 4.69) is 62.6 Å². The van der Waals surface area contributed by atoms with Crippen LogP contribution in [0.25, 0.3) is 0 Å². The smallest absolute Gasteiger partial charge is 0.170 e. The van der Waals surface area contributed by atoms with Crippen molar-refractivity contribution in [3.05, 3.63) is 29.8 Å². The Morgan fingerprint density at radius 3 is 2.12 bits per heavy atom. The molecule has 0 aromatic heterocycles. The average molecular weight is 240 g/mol. The van der Waals surface area contributed by atoms with Crippen molar-refractivity contribution in [2.45, 2.75) is 39.7 Å². The van der Waals surface area contributed by atoms with Gasteiger partial charge in [0.2, 0.25) is 0 Å². The molecule has 3 heteroatoms. The van der Waals surface area contributed by atoms with Gasteiger partial charge in [-0.1, -0.05) is 26.0 Å². The molecule has 0 amide bonds. The highest BCUT2D eigenvalue weighted by molar-refractivity contribution is 7.80. The molecular weight excluding hydrogens is 216 g/mol. The van der Waals surface area contributed by atoms with Gasteiger partial charge >= 0.3 is 0 Å². The molecule has 0 radical (unpaired) electrons. The summed E-state index contributed by atoms with van der Waals surface area (Å²) in [5.41, 5.74) is 2.37. The van der Waals surface area contributed by atoms with Crippen LogP contribution in [0.5, 0.6) is 0 Å². The average Bonchev–Trinajstić information content (AvgIpc) is 2.16. The molecule has 1 aromatic rings. The quantitative estimate of drug-likeness (QED) is 0.781. The molecule has 0 heterocycles. The van der Waals surface area contributed by atoms with Gasteiger partial charge in [-0.05, 0) is 49.7 Å². The second-order valence-corrected chi connectivity index (χ2v) is 4.94. The molecule has 2 N–H and O–H groups in total. The number of rotatable bonds is 3. The van der Waals surface area contributed by atoms with E-state index >= 15 is 0 Å². The van der Waals surface area contributed by atoms with Crippen molar-refractivity contribution in [3.8, 4) is 0 Å². The normalized spacial score (nSPS) is 10.6. The van der Waals surface area contributed by atoms with Crippen LogP contribution in [0.15, 0.2) is 24.3 Å². The highest BCUT2D eigenvalue weighted by Gasteiger charge is 2.01. The predicted molar refractivity (Wildman–Crippen MR) is 79.3 cm³/mol. The van der Waals surface area contributed by atoms with Crippen molar-refractivity contribution in [1.82, 2.24) is 5.32 Å². The first kappa shape index (κ1) is 13.0. The number of benzene rings is 1. The van der Waals surface area contributed by atoms with E-state index in [1.807, 2.05) is 0 Å². The monoisotopic (exact) mass is 240 g/mol. The van der Waals surface area contributed by atoms with Crippen LogP contribution >= 0.6 is 12.2 Å². The van der Waals surface area contributed by atoms with Gasteiger partial charge in [-0.15, -0.1) is 0 Å². The van der Waals surface area contributed by atoms with Gasteiger partial charge < -0.3 is 10.6 Å². The Morgan fingerprint density at radius 1 is 1.12 bits per heavy atom. The van der Waals surface area contributed by atoms with E-state index in [4.69, 9.17) is 12.2 Å². The molecule has 0 saturated carbocycles. The van der Waals surface area contributed by atoms with Gasteiger partial charge in [-0.2, -0.15) is 0 Å². The van der Waals surface area contributed by atoms with Crippen molar-refractivity contribution >= 4 is 23.0 Å². The van der Waals surface area contributed by atoms with Crippen LogP contribution in [0, 0.1) is 0 Å². The predicted octanol–water partition coefficient (Wildman–Crippen LogP) is 4.00. The maximum Gasteiger partial charge on any atom is 0.170 e. The fourth-order valence-electron chi connectivity index (χ4n) is 1.38. The van der Waals surface area contributed by atoms with Gasteiger partial charge in [0.1, 0.15) is 0 Å². The minimum atomic E-state index is 0. The second kappa shape index (κ2) is 5.85. The number of hydrogen-bond donors (Lipinski definition) is 2. The maximum atomic E-state index is 5.17. The van der Waals surface area contributed by atoms with E-state index in [0.717, 1.165) is 5.69 Å². The summed E-state index contributed by atoms with van der Waals surface area (Å²) < 4.78 is 0. The van der Waals surface area contributed by atoms with Crippen molar-refractivity contribution in [2.24, 2.45) is 0 Å². The minimum Gasteiger partial charge on any atom is -0.360 e. The second-order valence-electron chi connectivity index (χ2n) is 4.53. The maximum absolute atomic E-state index is 5.17.